The quantitative estimate of drug-likeness (QED) is 0.212. The third-order valence-electron chi connectivity index (χ3n) is 5.27. The van der Waals surface area contributed by atoms with E-state index in [1.807, 2.05) is 0 Å². The first-order chi connectivity index (χ1) is 18.2. The summed E-state index contributed by atoms with van der Waals surface area (Å²) >= 11 is 9.51. The Morgan fingerprint density at radius 1 is 1.18 bits per heavy atom. The van der Waals surface area contributed by atoms with Gasteiger partial charge in [0.15, 0.2) is 23.9 Å². The minimum Gasteiger partial charge on any atom is -0.494 e. The van der Waals surface area contributed by atoms with Gasteiger partial charge < -0.3 is 29.6 Å². The molecule has 0 aliphatic carbocycles. The van der Waals surface area contributed by atoms with Crippen molar-refractivity contribution < 1.29 is 33.3 Å². The number of hydrogen-bond acceptors (Lipinski definition) is 8. The first kappa shape index (κ1) is 28.8. The highest BCUT2D eigenvalue weighted by atomic mass is 79.9. The third-order valence-corrected chi connectivity index (χ3v) is 6.14. The lowest BCUT2D eigenvalue weighted by Gasteiger charge is -2.28. The Kier molecular flexibility index (Phi) is 9.97. The van der Waals surface area contributed by atoms with E-state index in [1.54, 1.807) is 44.2 Å². The second-order valence-electron chi connectivity index (χ2n) is 7.80. The summed E-state index contributed by atoms with van der Waals surface area (Å²) in [5, 5.41) is 9.60. The summed E-state index contributed by atoms with van der Waals surface area (Å²) in [5.74, 6) is 0.000189. The van der Waals surface area contributed by atoms with Crippen LogP contribution >= 0.6 is 27.5 Å². The molecule has 0 bridgehead atoms. The zero-order valence-electron chi connectivity index (χ0n) is 21.0. The maximum atomic E-state index is 12.5. The first-order valence-corrected chi connectivity index (χ1v) is 12.5. The number of hydrogen-bond donors (Lipinski definition) is 3. The number of nitrogens with one attached hydrogen (secondary N) is 3. The normalized spacial score (nSPS) is 15.0. The summed E-state index contributed by atoms with van der Waals surface area (Å²) in [6, 6.07) is 6.99. The van der Waals surface area contributed by atoms with E-state index in [4.69, 9.17) is 30.5 Å². The van der Waals surface area contributed by atoms with E-state index in [2.05, 4.69) is 37.1 Å². The highest BCUT2D eigenvalue weighted by Gasteiger charge is 2.32. The Balaban J connectivity index is 1.68. The van der Waals surface area contributed by atoms with Gasteiger partial charge in [-0.3, -0.25) is 4.79 Å². The number of nitrogens with zero attached hydrogens (tertiary/aromatic N) is 1. The zero-order valence-corrected chi connectivity index (χ0v) is 23.4. The highest BCUT2D eigenvalue weighted by molar-refractivity contribution is 9.10. The number of urea groups is 1. The molecule has 0 aromatic heterocycles. The van der Waals surface area contributed by atoms with Crippen molar-refractivity contribution in [1.82, 2.24) is 16.1 Å². The van der Waals surface area contributed by atoms with Crippen molar-refractivity contribution in [3.8, 4) is 17.2 Å². The van der Waals surface area contributed by atoms with Gasteiger partial charge in [0.25, 0.3) is 5.91 Å². The number of methoxy groups -OCH3 is 2. The number of hydrazone groups is 1. The molecule has 3 rings (SSSR count). The molecule has 0 radical (unpaired) electrons. The van der Waals surface area contributed by atoms with Crippen molar-refractivity contribution in [3.05, 3.63) is 62.2 Å². The summed E-state index contributed by atoms with van der Waals surface area (Å²) in [7, 11) is 2.94. The fraction of sp³-hybridized carbons (Fsp3) is 0.280. The second-order valence-corrected chi connectivity index (χ2v) is 9.06. The van der Waals surface area contributed by atoms with Crippen LogP contribution < -0.4 is 30.3 Å². The lowest BCUT2D eigenvalue weighted by Crippen LogP contribution is -2.45. The molecular weight excluding hydrogens is 584 g/mol. The SMILES string of the molecule is CCOC(=O)C1=C(C)NC(=O)N[C@@H]1c1ccc(OCC(=O)N/N=C\c2cc(Cl)c(OC)c(Br)c2)c(OC)c1. The molecule has 0 saturated heterocycles. The highest BCUT2D eigenvalue weighted by Crippen LogP contribution is 2.35. The average Bonchev–Trinajstić information content (AvgIpc) is 2.86. The van der Waals surface area contributed by atoms with Crippen molar-refractivity contribution >= 4 is 51.7 Å². The standard InChI is InChI=1S/C25H26BrClN4O7/c1-5-37-24(33)21-13(2)29-25(34)30-22(21)15-6-7-18(19(10-15)35-3)38-12-20(32)31-28-11-14-8-16(26)23(36-4)17(27)9-14/h6-11,22H,5,12H2,1-4H3,(H,31,32)(H2,29,30,34)/b28-11-/t22-/m1/s1. The van der Waals surface area contributed by atoms with E-state index in [1.165, 1.54) is 20.4 Å². The van der Waals surface area contributed by atoms with E-state index in [0.29, 0.717) is 37.8 Å². The maximum Gasteiger partial charge on any atom is 0.338 e. The molecule has 1 heterocycles. The van der Waals surface area contributed by atoms with Gasteiger partial charge in [0, 0.05) is 5.70 Å². The van der Waals surface area contributed by atoms with Gasteiger partial charge in [0.1, 0.15) is 0 Å². The van der Waals surface area contributed by atoms with Gasteiger partial charge in [-0.1, -0.05) is 17.7 Å². The van der Waals surface area contributed by atoms with Crippen molar-refractivity contribution in [2.75, 3.05) is 27.4 Å². The Labute approximate surface area is 232 Å². The number of esters is 1. The molecule has 1 aliphatic rings. The third kappa shape index (κ3) is 6.95. The fourth-order valence-corrected chi connectivity index (χ4v) is 4.67. The maximum absolute atomic E-state index is 12.5. The van der Waals surface area contributed by atoms with Crippen LogP contribution in [0, 0.1) is 0 Å². The number of halogens is 2. The predicted molar refractivity (Wildman–Crippen MR) is 144 cm³/mol. The van der Waals surface area contributed by atoms with Crippen molar-refractivity contribution in [2.24, 2.45) is 5.10 Å². The average molecular weight is 610 g/mol. The molecule has 0 fully saturated rings. The summed E-state index contributed by atoms with van der Waals surface area (Å²) in [4.78, 5) is 36.9. The van der Waals surface area contributed by atoms with E-state index < -0.39 is 23.9 Å². The Hall–Kier alpha value is -3.77. The molecule has 1 atom stereocenters. The van der Waals surface area contributed by atoms with Gasteiger partial charge in [-0.25, -0.2) is 15.0 Å². The molecule has 0 spiro atoms. The summed E-state index contributed by atoms with van der Waals surface area (Å²) < 4.78 is 22.0. The Morgan fingerprint density at radius 3 is 2.61 bits per heavy atom. The fourth-order valence-electron chi connectivity index (χ4n) is 3.61. The van der Waals surface area contributed by atoms with Crippen LogP contribution in [0.3, 0.4) is 0 Å². The molecule has 3 N–H and O–H groups in total. The number of carbonyl (C=O) groups is 3. The number of benzene rings is 2. The van der Waals surface area contributed by atoms with Crippen LogP contribution in [0.2, 0.25) is 5.02 Å². The summed E-state index contributed by atoms with van der Waals surface area (Å²) in [6.45, 7) is 3.15. The topological polar surface area (TPSA) is 137 Å². The van der Waals surface area contributed by atoms with Crippen LogP contribution in [0.5, 0.6) is 17.2 Å². The monoisotopic (exact) mass is 608 g/mol. The van der Waals surface area contributed by atoms with Crippen LogP contribution in [0.4, 0.5) is 4.79 Å². The van der Waals surface area contributed by atoms with Gasteiger partial charge in [-0.05, 0) is 65.2 Å². The molecule has 11 nitrogen and oxygen atoms in total. The van der Waals surface area contributed by atoms with Gasteiger partial charge >= 0.3 is 12.0 Å². The number of allylic oxidation sites excluding steroid dienone is 1. The molecule has 202 valence electrons. The molecule has 13 heteroatoms. The molecule has 0 unspecified atom stereocenters. The van der Waals surface area contributed by atoms with Gasteiger partial charge in [-0.2, -0.15) is 5.10 Å². The van der Waals surface area contributed by atoms with E-state index in [9.17, 15) is 14.4 Å². The lowest BCUT2D eigenvalue weighted by molar-refractivity contribution is -0.139. The summed E-state index contributed by atoms with van der Waals surface area (Å²) in [6.07, 6.45) is 1.42. The predicted octanol–water partition coefficient (Wildman–Crippen LogP) is 3.84. The van der Waals surface area contributed by atoms with Crippen molar-refractivity contribution in [2.45, 2.75) is 19.9 Å². The smallest absolute Gasteiger partial charge is 0.338 e. The van der Waals surface area contributed by atoms with Gasteiger partial charge in [-0.15, -0.1) is 0 Å². The van der Waals surface area contributed by atoms with Crippen LogP contribution in [-0.4, -0.2) is 51.6 Å². The van der Waals surface area contributed by atoms with Crippen LogP contribution in [0.15, 0.2) is 51.2 Å². The van der Waals surface area contributed by atoms with Gasteiger partial charge in [0.2, 0.25) is 0 Å². The zero-order chi connectivity index (χ0) is 27.8. The van der Waals surface area contributed by atoms with Gasteiger partial charge in [0.05, 0.1) is 48.2 Å². The number of ether oxygens (including phenoxy) is 4. The van der Waals surface area contributed by atoms with E-state index >= 15 is 0 Å². The molecule has 2 aromatic rings. The van der Waals surface area contributed by atoms with E-state index in [0.717, 1.165) is 0 Å². The van der Waals surface area contributed by atoms with Crippen molar-refractivity contribution in [3.63, 3.8) is 0 Å². The van der Waals surface area contributed by atoms with E-state index in [-0.39, 0.29) is 24.5 Å². The molecule has 3 amide bonds. The Morgan fingerprint density at radius 2 is 1.95 bits per heavy atom. The second kappa shape index (κ2) is 13.2. The molecule has 1 aliphatic heterocycles. The van der Waals surface area contributed by atoms with Crippen LogP contribution in [0.1, 0.15) is 31.0 Å². The van der Waals surface area contributed by atoms with Crippen LogP contribution in [-0.2, 0) is 14.3 Å². The minimum absolute atomic E-state index is 0.184. The lowest BCUT2D eigenvalue weighted by atomic mass is 9.95. The summed E-state index contributed by atoms with van der Waals surface area (Å²) in [5.41, 5.74) is 4.22. The van der Waals surface area contributed by atoms with Crippen molar-refractivity contribution in [1.29, 1.82) is 0 Å². The molecule has 0 saturated carbocycles. The van der Waals surface area contributed by atoms with Crippen LogP contribution in [0.25, 0.3) is 0 Å². The number of carbonyl (C=O) groups excluding carboxylic acids is 3. The largest absolute Gasteiger partial charge is 0.494 e. The molecule has 38 heavy (non-hydrogen) atoms. The Bertz CT molecular complexity index is 1280. The molecule has 2 aromatic carbocycles. The molecular formula is C25H26BrClN4O7. The first-order valence-electron chi connectivity index (χ1n) is 11.3. The minimum atomic E-state index is -0.769. The number of rotatable bonds is 10. The number of amides is 3.